The number of hydrogen-bond donors (Lipinski definition) is 1. The molecule has 2 aromatic rings. The van der Waals surface area contributed by atoms with Crippen molar-refractivity contribution in [1.82, 2.24) is 15.1 Å². The van der Waals surface area contributed by atoms with Crippen LogP contribution in [-0.4, -0.2) is 35.6 Å². The average molecular weight is 341 g/mol. The van der Waals surface area contributed by atoms with Gasteiger partial charge in [0.05, 0.1) is 26.0 Å². The first-order valence-corrected chi connectivity index (χ1v) is 8.26. The van der Waals surface area contributed by atoms with E-state index >= 15 is 0 Å². The standard InChI is InChI=1S/C18H19N3O4/c22-18(4-2-13-1-3-16-17(9-13)25-12-24-16)19-6-7-21-15-5-8-23-11-14(15)10-20-21/h1-4,9-10H,5-8,11-12H2,(H,19,22). The molecule has 0 spiro atoms. The number of ether oxygens (including phenoxy) is 3. The van der Waals surface area contributed by atoms with Crippen molar-refractivity contribution in [3.8, 4) is 11.5 Å². The zero-order chi connectivity index (χ0) is 17.1. The molecule has 0 unspecified atom stereocenters. The monoisotopic (exact) mass is 341 g/mol. The van der Waals surface area contributed by atoms with Gasteiger partial charge < -0.3 is 19.5 Å². The van der Waals surface area contributed by atoms with E-state index in [1.165, 1.54) is 11.8 Å². The Labute approximate surface area is 145 Å². The van der Waals surface area contributed by atoms with Crippen LogP contribution in [0.15, 0.2) is 30.5 Å². The second-order valence-electron chi connectivity index (χ2n) is 5.88. The number of nitrogens with zero attached hydrogens (tertiary/aromatic N) is 2. The zero-order valence-corrected chi connectivity index (χ0v) is 13.7. The van der Waals surface area contributed by atoms with Gasteiger partial charge in [0.1, 0.15) is 0 Å². The number of nitrogens with one attached hydrogen (secondary N) is 1. The second-order valence-corrected chi connectivity index (χ2v) is 5.88. The van der Waals surface area contributed by atoms with Crippen LogP contribution in [0.1, 0.15) is 16.8 Å². The lowest BCUT2D eigenvalue weighted by Crippen LogP contribution is -2.26. The van der Waals surface area contributed by atoms with Gasteiger partial charge in [0.25, 0.3) is 0 Å². The van der Waals surface area contributed by atoms with Crippen molar-refractivity contribution >= 4 is 12.0 Å². The number of amides is 1. The summed E-state index contributed by atoms with van der Waals surface area (Å²) in [6.07, 6.45) is 5.98. The molecule has 0 saturated heterocycles. The summed E-state index contributed by atoms with van der Waals surface area (Å²) in [5.74, 6) is 1.30. The Morgan fingerprint density at radius 2 is 2.24 bits per heavy atom. The lowest BCUT2D eigenvalue weighted by atomic mass is 10.2. The predicted molar refractivity (Wildman–Crippen MR) is 90.2 cm³/mol. The molecule has 25 heavy (non-hydrogen) atoms. The minimum atomic E-state index is -0.137. The SMILES string of the molecule is O=C(C=Cc1ccc2c(c1)OCO2)NCCn1ncc2c1CCOC2. The summed E-state index contributed by atoms with van der Waals surface area (Å²) in [6.45, 7) is 2.77. The van der Waals surface area contributed by atoms with Gasteiger partial charge in [-0.3, -0.25) is 9.48 Å². The van der Waals surface area contributed by atoms with Gasteiger partial charge in [0, 0.05) is 30.3 Å². The summed E-state index contributed by atoms with van der Waals surface area (Å²) in [6, 6.07) is 5.57. The Hall–Kier alpha value is -2.80. The van der Waals surface area contributed by atoms with E-state index in [1.807, 2.05) is 29.1 Å². The van der Waals surface area contributed by atoms with Gasteiger partial charge in [-0.05, 0) is 23.8 Å². The molecule has 0 bridgehead atoms. The van der Waals surface area contributed by atoms with Crippen LogP contribution >= 0.6 is 0 Å². The summed E-state index contributed by atoms with van der Waals surface area (Å²) < 4.78 is 17.9. The van der Waals surface area contributed by atoms with Gasteiger partial charge in [0.2, 0.25) is 12.7 Å². The maximum atomic E-state index is 12.0. The third-order valence-corrected chi connectivity index (χ3v) is 4.22. The van der Waals surface area contributed by atoms with Crippen molar-refractivity contribution in [1.29, 1.82) is 0 Å². The highest BCUT2D eigenvalue weighted by Gasteiger charge is 2.15. The molecular formula is C18H19N3O4. The van der Waals surface area contributed by atoms with E-state index in [-0.39, 0.29) is 12.7 Å². The van der Waals surface area contributed by atoms with E-state index in [0.29, 0.717) is 25.4 Å². The van der Waals surface area contributed by atoms with Crippen molar-refractivity contribution in [2.75, 3.05) is 19.9 Å². The number of benzene rings is 1. The zero-order valence-electron chi connectivity index (χ0n) is 13.7. The number of fused-ring (bicyclic) bond motifs is 2. The largest absolute Gasteiger partial charge is 0.454 e. The molecule has 1 aromatic heterocycles. The number of rotatable bonds is 5. The molecule has 1 aromatic carbocycles. The molecule has 0 fully saturated rings. The number of carbonyl (C=O) groups excluding carboxylic acids is 1. The first-order chi connectivity index (χ1) is 12.3. The van der Waals surface area contributed by atoms with Gasteiger partial charge in [-0.15, -0.1) is 0 Å². The van der Waals surface area contributed by atoms with E-state index in [9.17, 15) is 4.79 Å². The molecule has 7 nitrogen and oxygen atoms in total. The molecule has 2 aliphatic heterocycles. The number of carbonyl (C=O) groups is 1. The molecule has 7 heteroatoms. The second kappa shape index (κ2) is 6.98. The smallest absolute Gasteiger partial charge is 0.244 e. The Bertz CT molecular complexity index is 813. The Balaban J connectivity index is 1.28. The minimum absolute atomic E-state index is 0.137. The average Bonchev–Trinajstić information content (AvgIpc) is 3.26. The van der Waals surface area contributed by atoms with Crippen LogP contribution in [0.2, 0.25) is 0 Å². The maximum Gasteiger partial charge on any atom is 0.244 e. The van der Waals surface area contributed by atoms with Crippen molar-refractivity contribution in [2.45, 2.75) is 19.6 Å². The molecule has 130 valence electrons. The van der Waals surface area contributed by atoms with Gasteiger partial charge >= 0.3 is 0 Å². The normalized spacial score (nSPS) is 15.4. The van der Waals surface area contributed by atoms with Crippen LogP contribution in [-0.2, 0) is 29.1 Å². The predicted octanol–water partition coefficient (Wildman–Crippen LogP) is 1.51. The Morgan fingerprint density at radius 1 is 1.32 bits per heavy atom. The number of aromatic nitrogens is 2. The van der Waals surface area contributed by atoms with Crippen LogP contribution in [0.25, 0.3) is 6.08 Å². The summed E-state index contributed by atoms with van der Waals surface area (Å²) in [7, 11) is 0. The summed E-state index contributed by atoms with van der Waals surface area (Å²) in [5.41, 5.74) is 3.23. The Kier molecular flexibility index (Phi) is 4.39. The molecular weight excluding hydrogens is 322 g/mol. The van der Waals surface area contributed by atoms with Gasteiger partial charge in [-0.1, -0.05) is 6.07 Å². The summed E-state index contributed by atoms with van der Waals surface area (Å²) in [4.78, 5) is 12.0. The first kappa shape index (κ1) is 15.7. The third kappa shape index (κ3) is 3.51. The van der Waals surface area contributed by atoms with E-state index in [0.717, 1.165) is 29.9 Å². The molecule has 3 heterocycles. The summed E-state index contributed by atoms with van der Waals surface area (Å²) in [5, 5.41) is 7.24. The highest BCUT2D eigenvalue weighted by Crippen LogP contribution is 2.32. The van der Waals surface area contributed by atoms with E-state index in [4.69, 9.17) is 14.2 Å². The van der Waals surface area contributed by atoms with E-state index < -0.39 is 0 Å². The molecule has 4 rings (SSSR count). The van der Waals surface area contributed by atoms with Crippen molar-refractivity contribution in [3.05, 3.63) is 47.3 Å². The van der Waals surface area contributed by atoms with E-state index in [2.05, 4.69) is 10.4 Å². The first-order valence-electron chi connectivity index (χ1n) is 8.26. The maximum absolute atomic E-state index is 12.0. The minimum Gasteiger partial charge on any atom is -0.454 e. The highest BCUT2D eigenvalue weighted by atomic mass is 16.7. The summed E-state index contributed by atoms with van der Waals surface area (Å²) >= 11 is 0. The molecule has 1 amide bonds. The molecule has 0 aliphatic carbocycles. The van der Waals surface area contributed by atoms with Crippen LogP contribution in [0, 0.1) is 0 Å². The lowest BCUT2D eigenvalue weighted by Gasteiger charge is -2.14. The van der Waals surface area contributed by atoms with Crippen molar-refractivity contribution in [2.24, 2.45) is 0 Å². The van der Waals surface area contributed by atoms with Crippen LogP contribution < -0.4 is 14.8 Å². The third-order valence-electron chi connectivity index (χ3n) is 4.22. The van der Waals surface area contributed by atoms with Crippen LogP contribution in [0.4, 0.5) is 0 Å². The van der Waals surface area contributed by atoms with Crippen LogP contribution in [0.3, 0.4) is 0 Å². The fraction of sp³-hybridized carbons (Fsp3) is 0.333. The van der Waals surface area contributed by atoms with Gasteiger partial charge in [-0.2, -0.15) is 5.10 Å². The molecule has 0 atom stereocenters. The fourth-order valence-corrected chi connectivity index (χ4v) is 2.94. The fourth-order valence-electron chi connectivity index (χ4n) is 2.94. The highest BCUT2D eigenvalue weighted by molar-refractivity contribution is 5.91. The topological polar surface area (TPSA) is 74.6 Å². The molecule has 0 saturated carbocycles. The van der Waals surface area contributed by atoms with Gasteiger partial charge in [-0.25, -0.2) is 0 Å². The quantitative estimate of drug-likeness (QED) is 0.835. The number of hydrogen-bond acceptors (Lipinski definition) is 5. The van der Waals surface area contributed by atoms with Crippen molar-refractivity contribution < 1.29 is 19.0 Å². The van der Waals surface area contributed by atoms with Crippen LogP contribution in [0.5, 0.6) is 11.5 Å². The van der Waals surface area contributed by atoms with Gasteiger partial charge in [0.15, 0.2) is 11.5 Å². The van der Waals surface area contributed by atoms with Crippen molar-refractivity contribution in [3.63, 3.8) is 0 Å². The Morgan fingerprint density at radius 3 is 3.20 bits per heavy atom. The molecule has 1 N–H and O–H groups in total. The lowest BCUT2D eigenvalue weighted by molar-refractivity contribution is -0.116. The van der Waals surface area contributed by atoms with E-state index in [1.54, 1.807) is 6.08 Å². The molecule has 0 radical (unpaired) electrons. The molecule has 2 aliphatic rings.